The molecule has 7 nitrogen and oxygen atoms in total. The standard InChI is InChI=1S/C53H61N7/c1-50(2,3)34-25-32(26-35(29-34)51(4,5)6)47-41-15-13-39(56-41)38(31-54)40-14-16-42(57-40)48(33-27-36(52(7,8)9)30-37(28-33)53(10,11)12)44-18-20-46(59-44)49(45-19-17-43(47)58-45)60-23-21-55-22-24-60/h13-20,25-30,55-56,59H,21-24H2,1-12H3. The maximum Gasteiger partial charge on any atom is 0.104 e. The molecule has 0 spiro atoms. The Labute approximate surface area is 356 Å². The molecule has 6 heterocycles. The molecule has 3 aliphatic rings. The third-order valence-corrected chi connectivity index (χ3v) is 12.2. The molecule has 8 rings (SSSR count). The van der Waals surface area contributed by atoms with Crippen LogP contribution in [0.15, 0.2) is 60.7 Å². The van der Waals surface area contributed by atoms with Crippen LogP contribution in [0, 0.1) is 11.3 Å². The highest BCUT2D eigenvalue weighted by Crippen LogP contribution is 2.41. The lowest BCUT2D eigenvalue weighted by atomic mass is 9.78. The molecular formula is C53H61N7. The second-order valence-corrected chi connectivity index (χ2v) is 20.9. The SMILES string of the molecule is CC(C)(C)c1cc(-c2c3nc(c(N4CCNCC4)c4ccc([nH]4)c(-c4cc(C(C)(C)C)cc(C(C)(C)C)c4)c4nc(c(C#N)c5ccc2[nH]5)C=C4)C=C3)cc(C(C)(C)C)c1. The number of nitriles is 1. The van der Waals surface area contributed by atoms with E-state index < -0.39 is 0 Å². The van der Waals surface area contributed by atoms with E-state index in [9.17, 15) is 5.26 Å². The number of nitrogens with one attached hydrogen (secondary N) is 3. The smallest absolute Gasteiger partial charge is 0.104 e. The van der Waals surface area contributed by atoms with Gasteiger partial charge in [-0.2, -0.15) is 5.26 Å². The number of benzene rings is 2. The number of H-pyrrole nitrogens is 2. The van der Waals surface area contributed by atoms with E-state index in [-0.39, 0.29) is 21.7 Å². The Balaban J connectivity index is 1.53. The highest BCUT2D eigenvalue weighted by molar-refractivity contribution is 5.97. The van der Waals surface area contributed by atoms with Gasteiger partial charge in [-0.3, -0.25) is 0 Å². The zero-order valence-electron chi connectivity index (χ0n) is 37.7. The summed E-state index contributed by atoms with van der Waals surface area (Å²) in [5, 5.41) is 14.4. The lowest BCUT2D eigenvalue weighted by Gasteiger charge is -2.30. The minimum atomic E-state index is -0.0733. The van der Waals surface area contributed by atoms with Gasteiger partial charge in [0.1, 0.15) is 11.6 Å². The molecule has 7 heteroatoms. The summed E-state index contributed by atoms with van der Waals surface area (Å²) < 4.78 is 0. The monoisotopic (exact) mass is 795 g/mol. The van der Waals surface area contributed by atoms with Gasteiger partial charge in [0, 0.05) is 48.3 Å². The molecule has 5 aromatic rings. The van der Waals surface area contributed by atoms with E-state index in [0.29, 0.717) is 11.3 Å². The average molecular weight is 796 g/mol. The van der Waals surface area contributed by atoms with Crippen molar-refractivity contribution in [1.82, 2.24) is 25.3 Å². The Morgan fingerprint density at radius 1 is 0.500 bits per heavy atom. The van der Waals surface area contributed by atoms with Gasteiger partial charge in [0.25, 0.3) is 0 Å². The number of nitrogens with zero attached hydrogens (tertiary/aromatic N) is 4. The first-order valence-electron chi connectivity index (χ1n) is 21.5. The summed E-state index contributed by atoms with van der Waals surface area (Å²) in [5.41, 5.74) is 17.4. The summed E-state index contributed by atoms with van der Waals surface area (Å²) in [7, 11) is 0. The van der Waals surface area contributed by atoms with Crippen LogP contribution in [0.25, 0.3) is 68.6 Å². The first-order valence-corrected chi connectivity index (χ1v) is 21.5. The summed E-state index contributed by atoms with van der Waals surface area (Å²) in [6, 6.07) is 25.1. The van der Waals surface area contributed by atoms with Crippen molar-refractivity contribution in [3.05, 3.63) is 111 Å². The molecule has 3 aromatic heterocycles. The van der Waals surface area contributed by atoms with Gasteiger partial charge in [0.05, 0.1) is 39.5 Å². The first-order chi connectivity index (χ1) is 28.2. The molecule has 2 aromatic carbocycles. The predicted molar refractivity (Wildman–Crippen MR) is 254 cm³/mol. The molecule has 3 N–H and O–H groups in total. The Hall–Kier alpha value is -5.71. The van der Waals surface area contributed by atoms with Crippen LogP contribution in [0.5, 0.6) is 0 Å². The molecule has 0 radical (unpaired) electrons. The quantitative estimate of drug-likeness (QED) is 0.165. The molecule has 60 heavy (non-hydrogen) atoms. The van der Waals surface area contributed by atoms with Crippen LogP contribution in [-0.2, 0) is 21.7 Å². The van der Waals surface area contributed by atoms with Crippen LogP contribution in [0.3, 0.4) is 0 Å². The van der Waals surface area contributed by atoms with Crippen molar-refractivity contribution in [1.29, 1.82) is 5.26 Å². The van der Waals surface area contributed by atoms with E-state index in [1.807, 2.05) is 12.1 Å². The molecule has 0 atom stereocenters. The van der Waals surface area contributed by atoms with Gasteiger partial charge in [-0.05, 0) is 104 Å². The molecule has 0 saturated carbocycles. The van der Waals surface area contributed by atoms with Crippen LogP contribution in [0.2, 0.25) is 0 Å². The minimum Gasteiger partial charge on any atom is -0.366 e. The fraction of sp³-hybridized carbons (Fsp3) is 0.377. The van der Waals surface area contributed by atoms with E-state index >= 15 is 0 Å². The molecular weight excluding hydrogens is 735 g/mol. The van der Waals surface area contributed by atoms with Gasteiger partial charge in [-0.15, -0.1) is 0 Å². The Kier molecular flexibility index (Phi) is 10.1. The third kappa shape index (κ3) is 7.86. The van der Waals surface area contributed by atoms with E-state index in [0.717, 1.165) is 93.3 Å². The molecule has 8 bridgehead atoms. The van der Waals surface area contributed by atoms with E-state index in [4.69, 9.17) is 9.97 Å². The van der Waals surface area contributed by atoms with Crippen LogP contribution in [-0.4, -0.2) is 46.1 Å². The van der Waals surface area contributed by atoms with Crippen LogP contribution in [0.4, 0.5) is 5.69 Å². The number of rotatable bonds is 3. The van der Waals surface area contributed by atoms with E-state index in [1.165, 1.54) is 22.3 Å². The normalized spacial score (nSPS) is 14.8. The summed E-state index contributed by atoms with van der Waals surface area (Å²) >= 11 is 0. The number of piperazine rings is 1. The largest absolute Gasteiger partial charge is 0.366 e. The number of hydrogen-bond acceptors (Lipinski definition) is 5. The predicted octanol–water partition coefficient (Wildman–Crippen LogP) is 12.5. The van der Waals surface area contributed by atoms with Gasteiger partial charge in [-0.25, -0.2) is 9.97 Å². The van der Waals surface area contributed by atoms with Crippen molar-refractivity contribution >= 4 is 52.1 Å². The molecule has 1 fully saturated rings. The van der Waals surface area contributed by atoms with Gasteiger partial charge in [0.2, 0.25) is 0 Å². The molecule has 0 unspecified atom stereocenters. The number of aromatic nitrogens is 4. The van der Waals surface area contributed by atoms with Crippen molar-refractivity contribution < 1.29 is 0 Å². The number of aromatic amines is 2. The molecule has 308 valence electrons. The maximum absolute atomic E-state index is 10.8. The second-order valence-electron chi connectivity index (χ2n) is 20.9. The Morgan fingerprint density at radius 3 is 1.33 bits per heavy atom. The van der Waals surface area contributed by atoms with Crippen LogP contribution in [0.1, 0.15) is 134 Å². The first kappa shape index (κ1) is 41.0. The summed E-state index contributed by atoms with van der Waals surface area (Å²) in [6.45, 7) is 30.8. The average Bonchev–Trinajstić information content (AvgIpc) is 4.02. The minimum absolute atomic E-state index is 0.0733. The van der Waals surface area contributed by atoms with Crippen molar-refractivity contribution in [2.75, 3.05) is 31.1 Å². The van der Waals surface area contributed by atoms with Crippen molar-refractivity contribution in [3.63, 3.8) is 0 Å². The number of anilines is 1. The molecule has 0 amide bonds. The third-order valence-electron chi connectivity index (χ3n) is 12.2. The second kappa shape index (κ2) is 14.8. The fourth-order valence-corrected chi connectivity index (χ4v) is 8.41. The van der Waals surface area contributed by atoms with Gasteiger partial charge in [0.15, 0.2) is 0 Å². The number of hydrogen-bond donors (Lipinski definition) is 3. The van der Waals surface area contributed by atoms with E-state index in [1.54, 1.807) is 0 Å². The Bertz CT molecular complexity index is 2650. The van der Waals surface area contributed by atoms with Gasteiger partial charge < -0.3 is 20.2 Å². The zero-order valence-corrected chi connectivity index (χ0v) is 37.7. The summed E-state index contributed by atoms with van der Waals surface area (Å²) in [5.74, 6) is 0. The fourth-order valence-electron chi connectivity index (χ4n) is 8.41. The zero-order chi connectivity index (χ0) is 42.9. The van der Waals surface area contributed by atoms with E-state index in [2.05, 4.69) is 182 Å². The summed E-state index contributed by atoms with van der Waals surface area (Å²) in [4.78, 5) is 20.9. The van der Waals surface area contributed by atoms with Crippen molar-refractivity contribution in [2.24, 2.45) is 0 Å². The van der Waals surface area contributed by atoms with Crippen molar-refractivity contribution in [2.45, 2.75) is 105 Å². The lowest BCUT2D eigenvalue weighted by Crippen LogP contribution is -2.43. The van der Waals surface area contributed by atoms with Gasteiger partial charge >= 0.3 is 0 Å². The van der Waals surface area contributed by atoms with Crippen molar-refractivity contribution in [3.8, 4) is 28.3 Å². The summed E-state index contributed by atoms with van der Waals surface area (Å²) in [6.07, 6.45) is 8.40. The molecule has 3 aliphatic heterocycles. The Morgan fingerprint density at radius 2 is 0.883 bits per heavy atom. The van der Waals surface area contributed by atoms with Crippen LogP contribution >= 0.6 is 0 Å². The highest BCUT2D eigenvalue weighted by atomic mass is 15.2. The van der Waals surface area contributed by atoms with Crippen LogP contribution < -0.4 is 10.2 Å². The number of fused-ring (bicyclic) bond motifs is 8. The highest BCUT2D eigenvalue weighted by Gasteiger charge is 2.26. The molecule has 0 aliphatic carbocycles. The topological polar surface area (TPSA) is 96.4 Å². The maximum atomic E-state index is 10.8. The molecule has 1 saturated heterocycles. The van der Waals surface area contributed by atoms with Gasteiger partial charge in [-0.1, -0.05) is 119 Å². The lowest BCUT2D eigenvalue weighted by molar-refractivity contribution is 0.568.